The number of pyridine rings is 1. The molecule has 0 spiro atoms. The van der Waals surface area contributed by atoms with Crippen LogP contribution < -0.4 is 25.3 Å². The van der Waals surface area contributed by atoms with Gasteiger partial charge in [0.2, 0.25) is 11.8 Å². The Morgan fingerprint density at radius 3 is 1.92 bits per heavy atom. The Bertz CT molecular complexity index is 2340. The van der Waals surface area contributed by atoms with E-state index in [0.717, 1.165) is 120 Å². The molecule has 6 aliphatic heterocycles. The van der Waals surface area contributed by atoms with Gasteiger partial charge in [0, 0.05) is 121 Å². The zero-order valence-electron chi connectivity index (χ0n) is 37.0. The number of nitrogens with one attached hydrogen (secondary N) is 2. The number of aromatic nitrogens is 1. The van der Waals surface area contributed by atoms with Crippen molar-refractivity contribution >= 4 is 46.5 Å². The number of hydrogen-bond acceptors (Lipinski definition) is 11. The summed E-state index contributed by atoms with van der Waals surface area (Å²) in [7, 11) is 0. The number of piperidine rings is 4. The van der Waals surface area contributed by atoms with Gasteiger partial charge >= 0.3 is 6.18 Å². The first kappa shape index (κ1) is 45.4. The van der Waals surface area contributed by atoms with Crippen molar-refractivity contribution in [3.63, 3.8) is 0 Å². The third kappa shape index (κ3) is 9.83. The molecule has 7 heterocycles. The average Bonchev–Trinajstić information content (AvgIpc) is 3.64. The Balaban J connectivity index is 0.663. The molecule has 1 atom stereocenters. The minimum Gasteiger partial charge on any atom is -0.372 e. The molecular formula is C48H56F4N10O4. The second-order valence-corrected chi connectivity index (χ2v) is 18.9. The van der Waals surface area contributed by atoms with E-state index in [1.54, 1.807) is 28.1 Å². The maximum Gasteiger partial charge on any atom is 0.417 e. The molecule has 66 heavy (non-hydrogen) atoms. The van der Waals surface area contributed by atoms with Gasteiger partial charge in [-0.1, -0.05) is 0 Å². The van der Waals surface area contributed by atoms with Crippen molar-refractivity contribution in [3.05, 3.63) is 77.0 Å². The number of anilines is 4. The fourth-order valence-electron chi connectivity index (χ4n) is 10.7. The summed E-state index contributed by atoms with van der Waals surface area (Å²) in [5.74, 6) is -0.151. The molecule has 1 aromatic heterocycles. The van der Waals surface area contributed by atoms with E-state index in [1.165, 1.54) is 6.07 Å². The Kier molecular flexibility index (Phi) is 12.9. The first-order valence-electron chi connectivity index (χ1n) is 23.3. The van der Waals surface area contributed by atoms with Crippen LogP contribution in [-0.2, 0) is 27.1 Å². The fourth-order valence-corrected chi connectivity index (χ4v) is 10.7. The summed E-state index contributed by atoms with van der Waals surface area (Å²) in [4.78, 5) is 67.9. The van der Waals surface area contributed by atoms with E-state index >= 15 is 4.39 Å². The molecule has 5 fully saturated rings. The van der Waals surface area contributed by atoms with Crippen molar-refractivity contribution in [2.24, 2.45) is 11.8 Å². The van der Waals surface area contributed by atoms with E-state index in [1.807, 2.05) is 18.2 Å². The molecular weight excluding hydrogens is 857 g/mol. The van der Waals surface area contributed by atoms with Crippen LogP contribution >= 0.6 is 0 Å². The third-order valence-corrected chi connectivity index (χ3v) is 14.7. The molecule has 0 aliphatic carbocycles. The van der Waals surface area contributed by atoms with Crippen molar-refractivity contribution in [2.45, 2.75) is 75.8 Å². The lowest BCUT2D eigenvalue weighted by molar-refractivity contribution is -0.138. The lowest BCUT2D eigenvalue weighted by Crippen LogP contribution is -2.52. The largest absolute Gasteiger partial charge is 0.417 e. The lowest BCUT2D eigenvalue weighted by Gasteiger charge is -2.41. The molecule has 14 nitrogen and oxygen atoms in total. The monoisotopic (exact) mass is 912 g/mol. The van der Waals surface area contributed by atoms with Gasteiger partial charge in [0.25, 0.3) is 11.8 Å². The van der Waals surface area contributed by atoms with Gasteiger partial charge in [-0.2, -0.15) is 18.4 Å². The maximum atomic E-state index is 15.8. The molecule has 350 valence electrons. The van der Waals surface area contributed by atoms with Crippen molar-refractivity contribution in [1.29, 1.82) is 5.26 Å². The number of alkyl halides is 4. The molecule has 0 radical (unpaired) electrons. The van der Waals surface area contributed by atoms with Crippen LogP contribution in [0.25, 0.3) is 0 Å². The van der Waals surface area contributed by atoms with E-state index in [-0.39, 0.29) is 55.7 Å². The van der Waals surface area contributed by atoms with Crippen molar-refractivity contribution in [3.8, 4) is 6.07 Å². The number of piperazine rings is 1. The van der Waals surface area contributed by atoms with Crippen LogP contribution in [0.3, 0.4) is 0 Å². The van der Waals surface area contributed by atoms with Crippen LogP contribution in [-0.4, -0.2) is 134 Å². The predicted octanol–water partition coefficient (Wildman–Crippen LogP) is 5.43. The second-order valence-electron chi connectivity index (χ2n) is 18.9. The van der Waals surface area contributed by atoms with E-state index in [9.17, 15) is 32.3 Å². The average molecular weight is 913 g/mol. The smallest absolute Gasteiger partial charge is 0.372 e. The highest BCUT2D eigenvalue weighted by Crippen LogP contribution is 2.37. The molecule has 5 saturated heterocycles. The maximum absolute atomic E-state index is 15.8. The molecule has 2 aromatic carbocycles. The van der Waals surface area contributed by atoms with Crippen LogP contribution in [0.4, 0.5) is 40.4 Å². The van der Waals surface area contributed by atoms with Gasteiger partial charge in [0.1, 0.15) is 11.9 Å². The van der Waals surface area contributed by atoms with Gasteiger partial charge < -0.3 is 34.7 Å². The number of rotatable bonds is 10. The molecule has 1 unspecified atom stereocenters. The van der Waals surface area contributed by atoms with Gasteiger partial charge in [-0.05, 0) is 98.0 Å². The van der Waals surface area contributed by atoms with Crippen LogP contribution in [0.1, 0.15) is 78.4 Å². The number of halogens is 4. The Hall–Kier alpha value is -5.80. The molecule has 9 rings (SSSR count). The number of hydrogen-bond donors (Lipinski definition) is 2. The topological polar surface area (TPSA) is 148 Å². The van der Waals surface area contributed by atoms with Crippen molar-refractivity contribution < 1.29 is 36.7 Å². The highest BCUT2D eigenvalue weighted by molar-refractivity contribution is 6.05. The lowest BCUT2D eigenvalue weighted by atomic mass is 9.91. The molecule has 3 aromatic rings. The normalized spacial score (nSPS) is 22.6. The number of nitriles is 1. The van der Waals surface area contributed by atoms with E-state index < -0.39 is 40.8 Å². The standard InChI is InChI=1S/C48H56F4N10O4/c49-47(13-19-61(20-14-47)37-2-1-34(27-53)40(26-37)48(50,51)52)46(66)55-42-7-4-38(28-54-42)60-17-11-33(12-18-60)30-58-23-21-57(22-24-58)29-32-9-15-59(16-10-32)36-3-5-39-35(25-36)31-62(45(39)65)41-6-8-43(63)56-44(41)64/h1-5,7,25-26,28,32-33,41H,6,8-24,29-31H2,(H,54,55,66)(H,56,63,64). The van der Waals surface area contributed by atoms with Gasteiger partial charge in [-0.15, -0.1) is 0 Å². The summed E-state index contributed by atoms with van der Waals surface area (Å²) in [6, 6.07) is 14.0. The molecule has 6 aliphatic rings. The number of imide groups is 1. The summed E-state index contributed by atoms with van der Waals surface area (Å²) in [5.41, 5.74) is 0.150. The highest BCUT2D eigenvalue weighted by Gasteiger charge is 2.43. The van der Waals surface area contributed by atoms with E-state index in [2.05, 4.69) is 41.3 Å². The number of carbonyl (C=O) groups is 4. The Morgan fingerprint density at radius 1 is 0.773 bits per heavy atom. The first-order chi connectivity index (χ1) is 31.7. The van der Waals surface area contributed by atoms with Crippen LogP contribution in [0, 0.1) is 23.2 Å². The van der Waals surface area contributed by atoms with Crippen molar-refractivity contribution in [2.75, 3.05) is 98.6 Å². The SMILES string of the molecule is N#Cc1ccc(N2CCC(F)(C(=O)Nc3ccc(N4CCC(CN5CCN(CC6CCN(c7ccc8c(c7)CN(C7CCC(=O)NC7=O)C8=O)CC6)CC5)CC4)cn3)CC2)cc1C(F)(F)F. The number of fused-ring (bicyclic) bond motifs is 1. The quantitative estimate of drug-likeness (QED) is 0.198. The zero-order valence-corrected chi connectivity index (χ0v) is 37.0. The number of amides is 4. The van der Waals surface area contributed by atoms with Gasteiger partial charge in [-0.25, -0.2) is 9.37 Å². The summed E-state index contributed by atoms with van der Waals surface area (Å²) < 4.78 is 56.3. The van der Waals surface area contributed by atoms with Crippen LogP contribution in [0.5, 0.6) is 0 Å². The number of benzene rings is 2. The predicted molar refractivity (Wildman–Crippen MR) is 240 cm³/mol. The van der Waals surface area contributed by atoms with Crippen LogP contribution in [0.2, 0.25) is 0 Å². The number of nitrogens with zero attached hydrogens (tertiary/aromatic N) is 8. The van der Waals surface area contributed by atoms with Crippen molar-refractivity contribution in [1.82, 2.24) is 25.0 Å². The second kappa shape index (κ2) is 18.8. The highest BCUT2D eigenvalue weighted by atomic mass is 19.4. The molecule has 0 saturated carbocycles. The fraction of sp³-hybridized carbons (Fsp3) is 0.542. The first-order valence-corrected chi connectivity index (χ1v) is 23.3. The summed E-state index contributed by atoms with van der Waals surface area (Å²) in [6.45, 7) is 10.7. The third-order valence-electron chi connectivity index (χ3n) is 14.7. The van der Waals surface area contributed by atoms with Crippen LogP contribution in [0.15, 0.2) is 54.7 Å². The van der Waals surface area contributed by atoms with Gasteiger partial charge in [0.05, 0.1) is 29.1 Å². The summed E-state index contributed by atoms with van der Waals surface area (Å²) in [6.07, 6.45) is 1.57. The minimum absolute atomic E-state index is 0.0382. The molecule has 0 bridgehead atoms. The van der Waals surface area contributed by atoms with Gasteiger partial charge in [-0.3, -0.25) is 24.5 Å². The Morgan fingerprint density at radius 2 is 1.35 bits per heavy atom. The number of carbonyl (C=O) groups excluding carboxylic acids is 4. The molecule has 4 amide bonds. The van der Waals surface area contributed by atoms with Gasteiger partial charge in [0.15, 0.2) is 5.67 Å². The van der Waals surface area contributed by atoms with E-state index in [4.69, 9.17) is 5.26 Å². The summed E-state index contributed by atoms with van der Waals surface area (Å²) in [5, 5.41) is 14.1. The molecule has 2 N–H and O–H groups in total. The zero-order chi connectivity index (χ0) is 46.2. The molecule has 18 heteroatoms. The van der Waals surface area contributed by atoms with E-state index in [0.29, 0.717) is 30.4 Å². The minimum atomic E-state index is -4.70. The Labute approximate surface area is 381 Å². The summed E-state index contributed by atoms with van der Waals surface area (Å²) >= 11 is 0.